The highest BCUT2D eigenvalue weighted by atomic mass is 19.1. The van der Waals surface area contributed by atoms with Crippen molar-refractivity contribution >= 4 is 23.2 Å². The van der Waals surface area contributed by atoms with E-state index in [1.54, 1.807) is 23.1 Å². The lowest BCUT2D eigenvalue weighted by Gasteiger charge is -2.20. The maximum atomic E-state index is 13.2. The third-order valence-corrected chi connectivity index (χ3v) is 4.91. The van der Waals surface area contributed by atoms with Crippen LogP contribution in [0.15, 0.2) is 59.4 Å². The second-order valence-electron chi connectivity index (χ2n) is 6.93. The highest BCUT2D eigenvalue weighted by molar-refractivity contribution is 6.04. The molecule has 8 nitrogen and oxygen atoms in total. The Morgan fingerprint density at radius 2 is 1.87 bits per heavy atom. The molecule has 1 saturated heterocycles. The topological polar surface area (TPSA) is 93.5 Å². The lowest BCUT2D eigenvalue weighted by molar-refractivity contribution is -0.117. The van der Waals surface area contributed by atoms with E-state index in [1.165, 1.54) is 43.5 Å². The zero-order chi connectivity index (χ0) is 22.0. The normalized spacial score (nSPS) is 13.4. The van der Waals surface area contributed by atoms with Crippen molar-refractivity contribution in [1.29, 1.82) is 0 Å². The maximum Gasteiger partial charge on any atom is 0.276 e. The van der Waals surface area contributed by atoms with Crippen LogP contribution in [0.25, 0.3) is 5.69 Å². The third kappa shape index (κ3) is 4.16. The minimum atomic E-state index is -0.542. The van der Waals surface area contributed by atoms with Crippen LogP contribution in [0.5, 0.6) is 5.75 Å². The lowest BCUT2D eigenvalue weighted by Crippen LogP contribution is -2.25. The summed E-state index contributed by atoms with van der Waals surface area (Å²) in [5.41, 5.74) is 0.898. The highest BCUT2D eigenvalue weighted by Crippen LogP contribution is 2.34. The van der Waals surface area contributed by atoms with Gasteiger partial charge >= 0.3 is 0 Å². The van der Waals surface area contributed by atoms with Crippen LogP contribution in [-0.4, -0.2) is 35.2 Å². The predicted molar refractivity (Wildman–Crippen MR) is 112 cm³/mol. The van der Waals surface area contributed by atoms with Crippen LogP contribution < -0.4 is 20.5 Å². The van der Waals surface area contributed by atoms with Crippen LogP contribution in [0.2, 0.25) is 0 Å². The average molecular weight is 422 g/mol. The largest absolute Gasteiger partial charge is 0.495 e. The number of nitrogens with one attached hydrogen (secondary N) is 1. The minimum Gasteiger partial charge on any atom is -0.495 e. The fourth-order valence-corrected chi connectivity index (χ4v) is 3.38. The van der Waals surface area contributed by atoms with Gasteiger partial charge in [-0.2, -0.15) is 9.78 Å². The Kier molecular flexibility index (Phi) is 5.48. The standard InChI is InChI=1S/C22H19FN4O4/c1-31-19-10-6-15(13-18(19)26-12-2-3-20(26)28)24-22(30)17-9-11-21(29)27(25-17)16-7-4-14(23)5-8-16/h4-11,13H,2-3,12H2,1H3,(H,24,30). The molecule has 31 heavy (non-hydrogen) atoms. The summed E-state index contributed by atoms with van der Waals surface area (Å²) in [4.78, 5) is 38.7. The molecule has 1 aromatic heterocycles. The second-order valence-corrected chi connectivity index (χ2v) is 6.93. The molecular weight excluding hydrogens is 403 g/mol. The Labute approximate surface area is 176 Å². The molecule has 0 spiro atoms. The van der Waals surface area contributed by atoms with Gasteiger partial charge in [0.1, 0.15) is 17.3 Å². The molecule has 4 rings (SSSR count). The van der Waals surface area contributed by atoms with Crippen molar-refractivity contribution in [3.63, 3.8) is 0 Å². The van der Waals surface area contributed by atoms with E-state index < -0.39 is 17.3 Å². The Balaban J connectivity index is 1.61. The van der Waals surface area contributed by atoms with Crippen molar-refractivity contribution in [2.45, 2.75) is 12.8 Å². The van der Waals surface area contributed by atoms with E-state index in [0.29, 0.717) is 35.8 Å². The van der Waals surface area contributed by atoms with E-state index in [-0.39, 0.29) is 11.6 Å². The van der Waals surface area contributed by atoms with E-state index in [1.807, 2.05) is 0 Å². The molecule has 2 aromatic carbocycles. The Morgan fingerprint density at radius 3 is 2.55 bits per heavy atom. The molecule has 2 amide bonds. The number of nitrogens with zero attached hydrogens (tertiary/aromatic N) is 3. The van der Waals surface area contributed by atoms with E-state index in [4.69, 9.17) is 4.74 Å². The fraction of sp³-hybridized carbons (Fsp3) is 0.182. The number of methoxy groups -OCH3 is 1. The number of benzene rings is 2. The van der Waals surface area contributed by atoms with Crippen molar-refractivity contribution in [2.75, 3.05) is 23.9 Å². The van der Waals surface area contributed by atoms with Crippen LogP contribution in [0.1, 0.15) is 23.3 Å². The van der Waals surface area contributed by atoms with Gasteiger partial charge < -0.3 is 15.0 Å². The maximum absolute atomic E-state index is 13.2. The van der Waals surface area contributed by atoms with Crippen LogP contribution in [-0.2, 0) is 4.79 Å². The number of halogens is 1. The van der Waals surface area contributed by atoms with Gasteiger partial charge in [-0.15, -0.1) is 0 Å². The number of carbonyl (C=O) groups is 2. The molecule has 158 valence electrons. The molecule has 0 aliphatic carbocycles. The van der Waals surface area contributed by atoms with Crippen LogP contribution in [0.3, 0.4) is 0 Å². The van der Waals surface area contributed by atoms with Crippen LogP contribution >= 0.6 is 0 Å². The van der Waals surface area contributed by atoms with Crippen molar-refractivity contribution < 1.29 is 18.7 Å². The van der Waals surface area contributed by atoms with E-state index in [0.717, 1.165) is 11.1 Å². The zero-order valence-electron chi connectivity index (χ0n) is 16.7. The Morgan fingerprint density at radius 1 is 1.10 bits per heavy atom. The first kappa shape index (κ1) is 20.3. The SMILES string of the molecule is COc1ccc(NC(=O)c2ccc(=O)n(-c3ccc(F)cc3)n2)cc1N1CCCC1=O. The molecule has 1 fully saturated rings. The number of rotatable bonds is 5. The molecule has 9 heteroatoms. The molecule has 2 heterocycles. The van der Waals surface area contributed by atoms with Gasteiger partial charge in [0.25, 0.3) is 11.5 Å². The second kappa shape index (κ2) is 8.39. The van der Waals surface area contributed by atoms with E-state index >= 15 is 0 Å². The molecule has 1 aliphatic heterocycles. The van der Waals surface area contributed by atoms with E-state index in [2.05, 4.69) is 10.4 Å². The first-order valence-corrected chi connectivity index (χ1v) is 9.62. The molecule has 0 atom stereocenters. The van der Waals surface area contributed by atoms with Gasteiger partial charge in [-0.1, -0.05) is 0 Å². The van der Waals surface area contributed by atoms with Crippen molar-refractivity contribution in [2.24, 2.45) is 0 Å². The molecule has 0 radical (unpaired) electrons. The van der Waals surface area contributed by atoms with Gasteiger partial charge in [-0.25, -0.2) is 4.39 Å². The quantitative estimate of drug-likeness (QED) is 0.683. The summed E-state index contributed by atoms with van der Waals surface area (Å²) < 4.78 is 19.5. The Bertz CT molecular complexity index is 1210. The summed E-state index contributed by atoms with van der Waals surface area (Å²) >= 11 is 0. The van der Waals surface area contributed by atoms with Crippen molar-refractivity contribution in [3.05, 3.63) is 76.5 Å². The monoisotopic (exact) mass is 422 g/mol. The van der Waals surface area contributed by atoms with E-state index in [9.17, 15) is 18.8 Å². The molecule has 0 bridgehead atoms. The van der Waals surface area contributed by atoms with Crippen LogP contribution in [0, 0.1) is 5.82 Å². The molecule has 1 N–H and O–H groups in total. The van der Waals surface area contributed by atoms with Gasteiger partial charge in [-0.05, 0) is 55.0 Å². The number of amides is 2. The number of carbonyl (C=O) groups excluding carboxylic acids is 2. The number of anilines is 2. The summed E-state index contributed by atoms with van der Waals surface area (Å²) in [7, 11) is 1.51. The van der Waals surface area contributed by atoms with Crippen molar-refractivity contribution in [1.82, 2.24) is 9.78 Å². The lowest BCUT2D eigenvalue weighted by atomic mass is 10.2. The van der Waals surface area contributed by atoms with Crippen LogP contribution in [0.4, 0.5) is 15.8 Å². The molecular formula is C22H19FN4O4. The average Bonchev–Trinajstić information content (AvgIpc) is 3.20. The van der Waals surface area contributed by atoms with Gasteiger partial charge in [0.05, 0.1) is 18.5 Å². The first-order valence-electron chi connectivity index (χ1n) is 9.62. The first-order chi connectivity index (χ1) is 15.0. The minimum absolute atomic E-state index is 0.00135. The summed E-state index contributed by atoms with van der Waals surface area (Å²) in [6.07, 6.45) is 1.22. The smallest absolute Gasteiger partial charge is 0.276 e. The number of aromatic nitrogens is 2. The number of hydrogen-bond acceptors (Lipinski definition) is 5. The summed E-state index contributed by atoms with van der Waals surface area (Å²) in [6, 6.07) is 12.7. The number of ether oxygens (including phenoxy) is 1. The third-order valence-electron chi connectivity index (χ3n) is 4.91. The summed E-state index contributed by atoms with van der Waals surface area (Å²) in [5.74, 6) is -0.469. The van der Waals surface area contributed by atoms with Crippen molar-refractivity contribution in [3.8, 4) is 11.4 Å². The summed E-state index contributed by atoms with van der Waals surface area (Å²) in [5, 5.41) is 6.82. The highest BCUT2D eigenvalue weighted by Gasteiger charge is 2.25. The molecule has 3 aromatic rings. The molecule has 0 unspecified atom stereocenters. The predicted octanol–water partition coefficient (Wildman–Crippen LogP) is 2.76. The van der Waals surface area contributed by atoms with Gasteiger partial charge in [0, 0.05) is 24.7 Å². The van der Waals surface area contributed by atoms with Gasteiger partial charge in [-0.3, -0.25) is 14.4 Å². The number of hydrogen-bond donors (Lipinski definition) is 1. The van der Waals surface area contributed by atoms with Gasteiger partial charge in [0.2, 0.25) is 5.91 Å². The molecule has 0 saturated carbocycles. The zero-order valence-corrected chi connectivity index (χ0v) is 16.7. The summed E-state index contributed by atoms with van der Waals surface area (Å²) in [6.45, 7) is 0.580. The Hall–Kier alpha value is -4.01. The fourth-order valence-electron chi connectivity index (χ4n) is 3.38. The molecule has 1 aliphatic rings. The van der Waals surface area contributed by atoms with Gasteiger partial charge in [0.15, 0.2) is 0 Å².